The molecule has 0 unspecified atom stereocenters. The zero-order valence-corrected chi connectivity index (χ0v) is 19.7. The molecule has 0 saturated heterocycles. The standard InChI is InChI=1S/C23H29BrN2O4/c1-6-20(23(28)25-4)26(13-17-8-7-9-18(12-17)29-5)21(27)14-30-19-10-15(2)22(24)16(3)11-19/h7-12,20H,6,13-14H2,1-5H3,(H,25,28)/t20-/m1/s1. The predicted octanol–water partition coefficient (Wildman–Crippen LogP) is 4.01. The third kappa shape index (κ3) is 5.98. The molecule has 30 heavy (non-hydrogen) atoms. The van der Waals surface area contributed by atoms with Crippen LogP contribution in [0.3, 0.4) is 0 Å². The molecule has 1 N–H and O–H groups in total. The normalized spacial score (nSPS) is 11.5. The van der Waals surface area contributed by atoms with E-state index in [1.54, 1.807) is 19.1 Å². The van der Waals surface area contributed by atoms with Crippen molar-refractivity contribution < 1.29 is 19.1 Å². The van der Waals surface area contributed by atoms with Crippen molar-refractivity contribution in [1.82, 2.24) is 10.2 Å². The van der Waals surface area contributed by atoms with Gasteiger partial charge in [-0.05, 0) is 61.2 Å². The minimum atomic E-state index is -0.592. The highest BCUT2D eigenvalue weighted by Crippen LogP contribution is 2.26. The summed E-state index contributed by atoms with van der Waals surface area (Å²) in [6, 6.07) is 10.6. The molecule has 0 aromatic heterocycles. The van der Waals surface area contributed by atoms with Gasteiger partial charge in [0.15, 0.2) is 6.61 Å². The summed E-state index contributed by atoms with van der Waals surface area (Å²) >= 11 is 3.53. The fraction of sp³-hybridized carbons (Fsp3) is 0.391. The average Bonchev–Trinajstić information content (AvgIpc) is 2.75. The van der Waals surface area contributed by atoms with Crippen molar-refractivity contribution in [2.24, 2.45) is 0 Å². The number of nitrogens with zero attached hydrogens (tertiary/aromatic N) is 1. The number of likely N-dealkylation sites (N-methyl/N-ethyl adjacent to an activating group) is 1. The Morgan fingerprint density at radius 1 is 1.13 bits per heavy atom. The van der Waals surface area contributed by atoms with Crippen molar-refractivity contribution in [2.75, 3.05) is 20.8 Å². The minimum absolute atomic E-state index is 0.155. The van der Waals surface area contributed by atoms with Gasteiger partial charge < -0.3 is 19.7 Å². The second-order valence-corrected chi connectivity index (χ2v) is 7.86. The molecule has 0 heterocycles. The van der Waals surface area contributed by atoms with E-state index in [1.165, 1.54) is 0 Å². The number of carbonyl (C=O) groups is 2. The van der Waals surface area contributed by atoms with E-state index < -0.39 is 6.04 Å². The van der Waals surface area contributed by atoms with E-state index in [2.05, 4.69) is 21.2 Å². The average molecular weight is 477 g/mol. The van der Waals surface area contributed by atoms with Crippen molar-refractivity contribution in [2.45, 2.75) is 39.8 Å². The molecule has 2 amide bonds. The molecule has 162 valence electrons. The molecule has 0 radical (unpaired) electrons. The maximum Gasteiger partial charge on any atom is 0.261 e. The van der Waals surface area contributed by atoms with Crippen LogP contribution in [0.5, 0.6) is 11.5 Å². The van der Waals surface area contributed by atoms with Crippen LogP contribution in [0, 0.1) is 13.8 Å². The lowest BCUT2D eigenvalue weighted by Gasteiger charge is -2.30. The summed E-state index contributed by atoms with van der Waals surface area (Å²) in [5.74, 6) is 0.858. The molecule has 0 aliphatic rings. The Morgan fingerprint density at radius 2 is 1.80 bits per heavy atom. The first-order valence-electron chi connectivity index (χ1n) is 9.84. The topological polar surface area (TPSA) is 67.9 Å². The summed E-state index contributed by atoms with van der Waals surface area (Å²) in [7, 11) is 3.17. The van der Waals surface area contributed by atoms with Gasteiger partial charge in [-0.1, -0.05) is 35.0 Å². The molecule has 2 aromatic carbocycles. The van der Waals surface area contributed by atoms with Crippen LogP contribution in [0.15, 0.2) is 40.9 Å². The minimum Gasteiger partial charge on any atom is -0.497 e. The number of carbonyl (C=O) groups excluding carboxylic acids is 2. The lowest BCUT2D eigenvalue weighted by molar-refractivity contribution is -0.142. The van der Waals surface area contributed by atoms with Crippen LogP contribution in [0.2, 0.25) is 0 Å². The van der Waals surface area contributed by atoms with Crippen molar-refractivity contribution in [3.8, 4) is 11.5 Å². The predicted molar refractivity (Wildman–Crippen MR) is 121 cm³/mol. The first-order valence-corrected chi connectivity index (χ1v) is 10.6. The molecule has 0 fully saturated rings. The number of nitrogens with one attached hydrogen (secondary N) is 1. The zero-order chi connectivity index (χ0) is 22.3. The molecule has 6 nitrogen and oxygen atoms in total. The quantitative estimate of drug-likeness (QED) is 0.593. The third-order valence-electron chi connectivity index (χ3n) is 4.89. The van der Waals surface area contributed by atoms with E-state index in [-0.39, 0.29) is 25.0 Å². The Morgan fingerprint density at radius 3 is 2.37 bits per heavy atom. The first kappa shape index (κ1) is 23.7. The molecule has 0 spiro atoms. The monoisotopic (exact) mass is 476 g/mol. The maximum atomic E-state index is 13.1. The van der Waals surface area contributed by atoms with E-state index in [1.807, 2.05) is 57.2 Å². The van der Waals surface area contributed by atoms with Crippen molar-refractivity contribution in [3.63, 3.8) is 0 Å². The van der Waals surface area contributed by atoms with E-state index in [0.717, 1.165) is 21.2 Å². The number of hydrogen-bond donors (Lipinski definition) is 1. The Balaban J connectivity index is 2.23. The van der Waals surface area contributed by atoms with Crippen LogP contribution in [0.25, 0.3) is 0 Å². The summed E-state index contributed by atoms with van der Waals surface area (Å²) in [4.78, 5) is 27.1. The van der Waals surface area contributed by atoms with Crippen molar-refractivity contribution in [3.05, 3.63) is 57.6 Å². The van der Waals surface area contributed by atoms with Crippen molar-refractivity contribution in [1.29, 1.82) is 0 Å². The summed E-state index contributed by atoms with van der Waals surface area (Å²) in [5.41, 5.74) is 2.94. The van der Waals surface area contributed by atoms with E-state index in [9.17, 15) is 9.59 Å². The SMILES string of the molecule is CC[C@H](C(=O)NC)N(Cc1cccc(OC)c1)C(=O)COc1cc(C)c(Br)c(C)c1. The third-order valence-corrected chi connectivity index (χ3v) is 6.14. The van der Waals surface area contributed by atoms with Gasteiger partial charge in [-0.25, -0.2) is 0 Å². The van der Waals surface area contributed by atoms with Gasteiger partial charge in [-0.2, -0.15) is 0 Å². The first-order chi connectivity index (χ1) is 14.3. The van der Waals surface area contributed by atoms with Gasteiger partial charge in [0.25, 0.3) is 5.91 Å². The van der Waals surface area contributed by atoms with Crippen LogP contribution >= 0.6 is 15.9 Å². The molecule has 0 aliphatic carbocycles. The molecule has 1 atom stereocenters. The van der Waals surface area contributed by atoms with Crippen LogP contribution in [-0.4, -0.2) is 43.5 Å². The summed E-state index contributed by atoms with van der Waals surface area (Å²) in [5, 5.41) is 2.65. The lowest BCUT2D eigenvalue weighted by atomic mass is 10.1. The molecule has 2 aromatic rings. The molecule has 7 heteroatoms. The van der Waals surface area contributed by atoms with Crippen LogP contribution < -0.4 is 14.8 Å². The van der Waals surface area contributed by atoms with Crippen LogP contribution in [0.1, 0.15) is 30.0 Å². The highest BCUT2D eigenvalue weighted by molar-refractivity contribution is 9.10. The molecule has 0 bridgehead atoms. The van der Waals surface area contributed by atoms with Gasteiger partial charge >= 0.3 is 0 Å². The Hall–Kier alpha value is -2.54. The highest BCUT2D eigenvalue weighted by atomic mass is 79.9. The second-order valence-electron chi connectivity index (χ2n) is 7.07. The number of hydrogen-bond acceptors (Lipinski definition) is 4. The Kier molecular flexibility index (Phi) is 8.72. The molecule has 0 aliphatic heterocycles. The number of amides is 2. The largest absolute Gasteiger partial charge is 0.497 e. The van der Waals surface area contributed by atoms with Crippen LogP contribution in [-0.2, 0) is 16.1 Å². The number of benzene rings is 2. The summed E-state index contributed by atoms with van der Waals surface area (Å²) in [6.07, 6.45) is 0.492. The molecular formula is C23H29BrN2O4. The fourth-order valence-electron chi connectivity index (χ4n) is 3.27. The summed E-state index contributed by atoms with van der Waals surface area (Å²) < 4.78 is 12.1. The van der Waals surface area contributed by atoms with E-state index in [4.69, 9.17) is 9.47 Å². The van der Waals surface area contributed by atoms with Gasteiger partial charge in [-0.15, -0.1) is 0 Å². The van der Waals surface area contributed by atoms with Crippen LogP contribution in [0.4, 0.5) is 0 Å². The summed E-state index contributed by atoms with van der Waals surface area (Å²) in [6.45, 7) is 5.95. The number of ether oxygens (including phenoxy) is 2. The van der Waals surface area contributed by atoms with E-state index >= 15 is 0 Å². The van der Waals surface area contributed by atoms with Gasteiger partial charge in [0, 0.05) is 18.1 Å². The number of halogens is 1. The smallest absolute Gasteiger partial charge is 0.261 e. The number of methoxy groups -OCH3 is 1. The van der Waals surface area contributed by atoms with Gasteiger partial charge in [0.2, 0.25) is 5.91 Å². The molecule has 0 saturated carbocycles. The Labute approximate surface area is 186 Å². The maximum absolute atomic E-state index is 13.1. The highest BCUT2D eigenvalue weighted by Gasteiger charge is 2.28. The number of aryl methyl sites for hydroxylation is 2. The fourth-order valence-corrected chi connectivity index (χ4v) is 3.50. The number of rotatable bonds is 9. The van der Waals surface area contributed by atoms with Crippen molar-refractivity contribution >= 4 is 27.7 Å². The van der Waals surface area contributed by atoms with Gasteiger partial charge in [-0.3, -0.25) is 9.59 Å². The second kappa shape index (κ2) is 11.0. The Bertz CT molecular complexity index is 878. The molecular weight excluding hydrogens is 448 g/mol. The molecule has 2 rings (SSSR count). The van der Waals surface area contributed by atoms with E-state index in [0.29, 0.717) is 17.9 Å². The zero-order valence-electron chi connectivity index (χ0n) is 18.1. The lowest BCUT2D eigenvalue weighted by Crippen LogP contribution is -2.49. The van der Waals surface area contributed by atoms with Gasteiger partial charge in [0.05, 0.1) is 7.11 Å². The van der Waals surface area contributed by atoms with Gasteiger partial charge in [0.1, 0.15) is 17.5 Å².